The summed E-state index contributed by atoms with van der Waals surface area (Å²) >= 11 is 0. The van der Waals surface area contributed by atoms with Gasteiger partial charge in [0, 0.05) is 24.2 Å². The highest BCUT2D eigenvalue weighted by Gasteiger charge is 2.34. The van der Waals surface area contributed by atoms with E-state index in [-0.39, 0.29) is 30.4 Å². The highest BCUT2D eigenvalue weighted by atomic mass is 16.5. The van der Waals surface area contributed by atoms with Crippen molar-refractivity contribution in [3.05, 3.63) is 77.6 Å². The summed E-state index contributed by atoms with van der Waals surface area (Å²) in [4.78, 5) is 35.1. The maximum atomic E-state index is 12.4. The van der Waals surface area contributed by atoms with E-state index in [1.165, 1.54) is 6.20 Å². The van der Waals surface area contributed by atoms with Gasteiger partial charge >= 0.3 is 5.97 Å². The third-order valence-corrected chi connectivity index (χ3v) is 4.96. The van der Waals surface area contributed by atoms with Crippen LogP contribution in [0.15, 0.2) is 60.8 Å². The summed E-state index contributed by atoms with van der Waals surface area (Å²) in [6.07, 6.45) is 1.70. The van der Waals surface area contributed by atoms with E-state index in [1.54, 1.807) is 28.8 Å². The van der Waals surface area contributed by atoms with Gasteiger partial charge in [0.05, 0.1) is 11.4 Å². The van der Waals surface area contributed by atoms with Gasteiger partial charge in [-0.25, -0.2) is 4.79 Å². The number of benzene rings is 2. The monoisotopic (exact) mass is 405 g/mol. The van der Waals surface area contributed by atoms with Crippen LogP contribution in [0.2, 0.25) is 0 Å². The standard InChI is InChI=1S/C22H19N3O5/c23-18(26)12-30-15-8-6-13(7-9-15)16-10-19(27)24-20-17(22(28)29)11-25(21(16)20)14-4-2-1-3-5-14/h1-9,11,16H,10,12H2,(H2,23,26)(H,24,27)(H,28,29)/t16-/m0/s1. The lowest BCUT2D eigenvalue weighted by molar-refractivity contribution is -0.120. The molecule has 0 aliphatic carbocycles. The van der Waals surface area contributed by atoms with Crippen LogP contribution in [0.3, 0.4) is 0 Å². The van der Waals surface area contributed by atoms with Crippen molar-refractivity contribution < 1.29 is 24.2 Å². The molecule has 2 aromatic carbocycles. The summed E-state index contributed by atoms with van der Waals surface area (Å²) in [5.41, 5.74) is 7.75. The van der Waals surface area contributed by atoms with Gasteiger partial charge in [0.2, 0.25) is 5.91 Å². The third kappa shape index (κ3) is 3.62. The van der Waals surface area contributed by atoms with Crippen molar-refractivity contribution in [2.45, 2.75) is 12.3 Å². The molecule has 0 bridgehead atoms. The first-order valence-corrected chi connectivity index (χ1v) is 9.29. The van der Waals surface area contributed by atoms with Crippen LogP contribution < -0.4 is 15.8 Å². The predicted molar refractivity (Wildman–Crippen MR) is 109 cm³/mol. The quantitative estimate of drug-likeness (QED) is 0.581. The van der Waals surface area contributed by atoms with Gasteiger partial charge in [-0.15, -0.1) is 0 Å². The summed E-state index contributed by atoms with van der Waals surface area (Å²) in [6.45, 7) is -0.228. The molecule has 4 N–H and O–H groups in total. The van der Waals surface area contributed by atoms with E-state index in [0.29, 0.717) is 17.1 Å². The molecule has 0 spiro atoms. The number of carboxylic acids is 1. The lowest BCUT2D eigenvalue weighted by Gasteiger charge is -2.26. The van der Waals surface area contributed by atoms with Crippen molar-refractivity contribution in [3.8, 4) is 11.4 Å². The lowest BCUT2D eigenvalue weighted by Crippen LogP contribution is -2.25. The molecule has 30 heavy (non-hydrogen) atoms. The summed E-state index contributed by atoms with van der Waals surface area (Å²) in [5.74, 6) is -1.82. The number of nitrogens with two attached hydrogens (primary N) is 1. The van der Waals surface area contributed by atoms with E-state index in [2.05, 4.69) is 5.32 Å². The van der Waals surface area contributed by atoms with Gasteiger partial charge in [-0.05, 0) is 29.8 Å². The summed E-state index contributed by atoms with van der Waals surface area (Å²) < 4.78 is 7.10. The van der Waals surface area contributed by atoms with Crippen LogP contribution >= 0.6 is 0 Å². The average molecular weight is 405 g/mol. The van der Waals surface area contributed by atoms with Crippen molar-refractivity contribution in [2.24, 2.45) is 5.73 Å². The second kappa shape index (κ2) is 7.75. The second-order valence-electron chi connectivity index (χ2n) is 6.94. The molecule has 0 saturated heterocycles. The number of amides is 2. The number of anilines is 1. The number of carboxylic acid groups (broad SMARTS) is 1. The van der Waals surface area contributed by atoms with E-state index in [1.807, 2.05) is 30.3 Å². The Hall–Kier alpha value is -4.07. The van der Waals surface area contributed by atoms with Crippen LogP contribution in [0.5, 0.6) is 5.75 Å². The molecule has 8 heteroatoms. The van der Waals surface area contributed by atoms with E-state index in [4.69, 9.17) is 10.5 Å². The number of carbonyl (C=O) groups excluding carboxylic acids is 2. The number of ether oxygens (including phenoxy) is 1. The minimum absolute atomic E-state index is 0.0355. The molecule has 3 aromatic rings. The summed E-state index contributed by atoms with van der Waals surface area (Å²) in [5, 5.41) is 12.4. The second-order valence-corrected chi connectivity index (χ2v) is 6.94. The van der Waals surface area contributed by atoms with Gasteiger partial charge in [0.15, 0.2) is 6.61 Å². The molecule has 1 atom stereocenters. The Morgan fingerprint density at radius 3 is 2.47 bits per heavy atom. The number of primary amides is 1. The van der Waals surface area contributed by atoms with E-state index in [9.17, 15) is 19.5 Å². The maximum absolute atomic E-state index is 12.4. The molecule has 2 heterocycles. The molecule has 152 valence electrons. The fourth-order valence-corrected chi connectivity index (χ4v) is 3.66. The molecule has 1 aromatic heterocycles. The van der Waals surface area contributed by atoms with E-state index in [0.717, 1.165) is 11.3 Å². The first-order chi connectivity index (χ1) is 14.4. The Bertz CT molecular complexity index is 1120. The number of para-hydroxylation sites is 1. The van der Waals surface area contributed by atoms with Crippen LogP contribution in [0.1, 0.15) is 34.0 Å². The lowest BCUT2D eigenvalue weighted by atomic mass is 9.88. The number of hydrogen-bond acceptors (Lipinski definition) is 4. The topological polar surface area (TPSA) is 124 Å². The van der Waals surface area contributed by atoms with Crippen molar-refractivity contribution in [2.75, 3.05) is 11.9 Å². The fraction of sp³-hybridized carbons (Fsp3) is 0.136. The number of carbonyl (C=O) groups is 3. The highest BCUT2D eigenvalue weighted by Crippen LogP contribution is 2.41. The first-order valence-electron chi connectivity index (χ1n) is 9.29. The predicted octanol–water partition coefficient (Wildman–Crippen LogP) is 2.51. The molecular weight excluding hydrogens is 386 g/mol. The number of nitrogens with zero attached hydrogens (tertiary/aromatic N) is 1. The van der Waals surface area contributed by atoms with E-state index >= 15 is 0 Å². The van der Waals surface area contributed by atoms with Gasteiger partial charge in [0.1, 0.15) is 11.3 Å². The van der Waals surface area contributed by atoms with Gasteiger partial charge < -0.3 is 25.5 Å². The molecule has 4 rings (SSSR count). The molecule has 0 fully saturated rings. The molecule has 0 radical (unpaired) electrons. The number of nitrogens with one attached hydrogen (secondary N) is 1. The highest BCUT2D eigenvalue weighted by molar-refractivity contribution is 6.04. The number of fused-ring (bicyclic) bond motifs is 1. The van der Waals surface area contributed by atoms with Crippen molar-refractivity contribution in [3.63, 3.8) is 0 Å². The molecule has 0 saturated carbocycles. The summed E-state index contributed by atoms with van der Waals surface area (Å²) in [7, 11) is 0. The normalized spacial score (nSPS) is 15.2. The largest absolute Gasteiger partial charge is 0.484 e. The fourth-order valence-electron chi connectivity index (χ4n) is 3.66. The smallest absolute Gasteiger partial charge is 0.339 e. The number of aromatic nitrogens is 1. The van der Waals surface area contributed by atoms with Crippen LogP contribution in [0.25, 0.3) is 5.69 Å². The van der Waals surface area contributed by atoms with Gasteiger partial charge in [0.25, 0.3) is 5.91 Å². The van der Waals surface area contributed by atoms with Crippen molar-refractivity contribution >= 4 is 23.5 Å². The zero-order valence-corrected chi connectivity index (χ0v) is 15.9. The van der Waals surface area contributed by atoms with Crippen molar-refractivity contribution in [1.29, 1.82) is 0 Å². The molecule has 8 nitrogen and oxygen atoms in total. The van der Waals surface area contributed by atoms with E-state index < -0.39 is 11.9 Å². The van der Waals surface area contributed by atoms with Crippen LogP contribution in [0.4, 0.5) is 5.69 Å². The number of hydrogen-bond donors (Lipinski definition) is 3. The zero-order chi connectivity index (χ0) is 21.3. The Morgan fingerprint density at radius 2 is 1.83 bits per heavy atom. The molecule has 2 amide bonds. The Balaban J connectivity index is 1.80. The molecule has 1 aliphatic rings. The number of aromatic carboxylic acids is 1. The Kier molecular flexibility index (Phi) is 4.97. The van der Waals surface area contributed by atoms with Crippen LogP contribution in [0, 0.1) is 0 Å². The Labute approximate surface area is 171 Å². The van der Waals surface area contributed by atoms with Crippen LogP contribution in [-0.2, 0) is 9.59 Å². The zero-order valence-electron chi connectivity index (χ0n) is 15.9. The van der Waals surface area contributed by atoms with Crippen LogP contribution in [-0.4, -0.2) is 34.1 Å². The maximum Gasteiger partial charge on any atom is 0.339 e. The third-order valence-electron chi connectivity index (χ3n) is 4.96. The number of rotatable bonds is 6. The first kappa shape index (κ1) is 19.3. The molecule has 0 unspecified atom stereocenters. The van der Waals surface area contributed by atoms with Gasteiger partial charge in [-0.2, -0.15) is 0 Å². The minimum atomic E-state index is -1.11. The molecule has 1 aliphatic heterocycles. The Morgan fingerprint density at radius 1 is 1.13 bits per heavy atom. The van der Waals surface area contributed by atoms with Gasteiger partial charge in [-0.3, -0.25) is 9.59 Å². The molecular formula is C22H19N3O5. The van der Waals surface area contributed by atoms with Gasteiger partial charge in [-0.1, -0.05) is 30.3 Å². The van der Waals surface area contributed by atoms with Crippen molar-refractivity contribution in [1.82, 2.24) is 4.57 Å². The SMILES string of the molecule is NC(=O)COc1ccc([C@@H]2CC(=O)Nc3c(C(=O)O)cn(-c4ccccc4)c32)cc1. The summed E-state index contributed by atoms with van der Waals surface area (Å²) in [6, 6.07) is 16.3. The average Bonchev–Trinajstić information content (AvgIpc) is 3.12. The minimum Gasteiger partial charge on any atom is -0.484 e.